The summed E-state index contributed by atoms with van der Waals surface area (Å²) in [5.74, 6) is 0.909. The van der Waals surface area contributed by atoms with E-state index in [2.05, 4.69) is 11.2 Å². The van der Waals surface area contributed by atoms with Gasteiger partial charge in [-0.05, 0) is 42.8 Å². The minimum Gasteiger partial charge on any atom is -0.467 e. The SMILES string of the molecule is O=C(C[NH+]1CCCCC1)N1N=C(c2cccs2)C[C@H]1c1ccco1. The van der Waals surface area contributed by atoms with E-state index >= 15 is 0 Å². The molecule has 6 heteroatoms. The number of hydrogen-bond donors (Lipinski definition) is 1. The Labute approximate surface area is 145 Å². The molecule has 1 saturated heterocycles. The molecule has 126 valence electrons. The van der Waals surface area contributed by atoms with Crippen LogP contribution in [0.1, 0.15) is 42.4 Å². The largest absolute Gasteiger partial charge is 0.467 e. The first kappa shape index (κ1) is 15.6. The predicted octanol–water partition coefficient (Wildman–Crippen LogP) is 2.09. The van der Waals surface area contributed by atoms with Crippen LogP contribution in [0.25, 0.3) is 0 Å². The molecule has 0 bridgehead atoms. The number of furan rings is 1. The van der Waals surface area contributed by atoms with E-state index in [0.29, 0.717) is 6.54 Å². The van der Waals surface area contributed by atoms with Crippen LogP contribution in [0, 0.1) is 0 Å². The summed E-state index contributed by atoms with van der Waals surface area (Å²) in [6.45, 7) is 2.71. The summed E-state index contributed by atoms with van der Waals surface area (Å²) in [5, 5.41) is 8.38. The van der Waals surface area contributed by atoms with Crippen LogP contribution in [0.2, 0.25) is 0 Å². The second-order valence-corrected chi connectivity index (χ2v) is 7.43. The molecule has 1 amide bonds. The quantitative estimate of drug-likeness (QED) is 0.923. The first-order chi connectivity index (χ1) is 11.8. The van der Waals surface area contributed by atoms with Gasteiger partial charge < -0.3 is 9.32 Å². The zero-order valence-electron chi connectivity index (χ0n) is 13.6. The third-order valence-corrected chi connectivity index (χ3v) is 5.72. The number of carbonyl (C=O) groups excluding carboxylic acids is 1. The van der Waals surface area contributed by atoms with Crippen LogP contribution in [0.15, 0.2) is 45.4 Å². The maximum atomic E-state index is 12.9. The molecule has 24 heavy (non-hydrogen) atoms. The molecule has 0 unspecified atom stereocenters. The normalized spacial score (nSPS) is 21.9. The Morgan fingerprint density at radius 2 is 2.17 bits per heavy atom. The Kier molecular flexibility index (Phi) is 4.49. The maximum Gasteiger partial charge on any atom is 0.298 e. The smallest absolute Gasteiger partial charge is 0.298 e. The molecule has 0 radical (unpaired) electrons. The number of nitrogens with one attached hydrogen (secondary N) is 1. The van der Waals surface area contributed by atoms with Gasteiger partial charge in [0.05, 0.1) is 29.9 Å². The molecular weight excluding hydrogens is 322 g/mol. The third-order valence-electron chi connectivity index (χ3n) is 4.80. The van der Waals surface area contributed by atoms with Crippen molar-refractivity contribution < 1.29 is 14.1 Å². The monoisotopic (exact) mass is 344 g/mol. The van der Waals surface area contributed by atoms with Crippen molar-refractivity contribution in [1.82, 2.24) is 5.01 Å². The Bertz CT molecular complexity index is 703. The third kappa shape index (κ3) is 3.16. The predicted molar refractivity (Wildman–Crippen MR) is 93.2 cm³/mol. The van der Waals surface area contributed by atoms with Crippen molar-refractivity contribution >= 4 is 23.0 Å². The van der Waals surface area contributed by atoms with Gasteiger partial charge in [-0.2, -0.15) is 5.10 Å². The zero-order chi connectivity index (χ0) is 16.4. The zero-order valence-corrected chi connectivity index (χ0v) is 14.4. The second kappa shape index (κ2) is 6.91. The average Bonchev–Trinajstić information content (AvgIpc) is 3.35. The van der Waals surface area contributed by atoms with Crippen LogP contribution < -0.4 is 4.90 Å². The molecule has 2 aliphatic heterocycles. The van der Waals surface area contributed by atoms with Crippen molar-refractivity contribution in [3.63, 3.8) is 0 Å². The van der Waals surface area contributed by atoms with Crippen LogP contribution in [0.3, 0.4) is 0 Å². The lowest BCUT2D eigenvalue weighted by Gasteiger charge is -2.26. The minimum absolute atomic E-state index is 0.0971. The number of amides is 1. The molecule has 0 spiro atoms. The summed E-state index contributed by atoms with van der Waals surface area (Å²) in [6, 6.07) is 7.77. The summed E-state index contributed by atoms with van der Waals surface area (Å²) < 4.78 is 5.58. The van der Waals surface area contributed by atoms with Gasteiger partial charge in [0, 0.05) is 6.42 Å². The van der Waals surface area contributed by atoms with E-state index < -0.39 is 0 Å². The van der Waals surface area contributed by atoms with Crippen molar-refractivity contribution in [1.29, 1.82) is 0 Å². The highest BCUT2D eigenvalue weighted by molar-refractivity contribution is 7.12. The maximum absolute atomic E-state index is 12.9. The number of hydrogen-bond acceptors (Lipinski definition) is 4. The number of nitrogens with zero attached hydrogens (tertiary/aromatic N) is 2. The van der Waals surface area contributed by atoms with Crippen LogP contribution >= 0.6 is 11.3 Å². The molecule has 1 atom stereocenters. The van der Waals surface area contributed by atoms with Gasteiger partial charge in [-0.1, -0.05) is 6.07 Å². The van der Waals surface area contributed by atoms with Crippen molar-refractivity contribution in [3.05, 3.63) is 46.5 Å². The number of carbonyl (C=O) groups is 1. The molecule has 0 aromatic carbocycles. The van der Waals surface area contributed by atoms with E-state index in [9.17, 15) is 4.79 Å². The molecule has 0 aliphatic carbocycles. The molecule has 2 aliphatic rings. The number of likely N-dealkylation sites (tertiary alicyclic amines) is 1. The fourth-order valence-corrected chi connectivity index (χ4v) is 4.28. The lowest BCUT2D eigenvalue weighted by molar-refractivity contribution is -0.897. The van der Waals surface area contributed by atoms with E-state index in [0.717, 1.165) is 35.9 Å². The lowest BCUT2D eigenvalue weighted by atomic mass is 10.1. The van der Waals surface area contributed by atoms with E-state index in [-0.39, 0.29) is 11.9 Å². The molecule has 4 heterocycles. The van der Waals surface area contributed by atoms with E-state index in [1.807, 2.05) is 23.6 Å². The molecule has 1 N–H and O–H groups in total. The summed E-state index contributed by atoms with van der Waals surface area (Å²) in [4.78, 5) is 15.4. The second-order valence-electron chi connectivity index (χ2n) is 6.49. The van der Waals surface area contributed by atoms with Gasteiger partial charge in [0.2, 0.25) is 0 Å². The Balaban J connectivity index is 1.55. The molecule has 2 aromatic rings. The average molecular weight is 344 g/mol. The van der Waals surface area contributed by atoms with Gasteiger partial charge >= 0.3 is 0 Å². The molecule has 1 fully saturated rings. The van der Waals surface area contributed by atoms with E-state index in [1.54, 1.807) is 22.6 Å². The van der Waals surface area contributed by atoms with Crippen molar-refractivity contribution in [2.75, 3.05) is 19.6 Å². The highest BCUT2D eigenvalue weighted by atomic mass is 32.1. The highest BCUT2D eigenvalue weighted by Gasteiger charge is 2.36. The molecule has 0 saturated carbocycles. The van der Waals surface area contributed by atoms with Crippen molar-refractivity contribution in [3.8, 4) is 0 Å². The van der Waals surface area contributed by atoms with Gasteiger partial charge in [0.25, 0.3) is 5.91 Å². The number of quaternary nitrogens is 1. The minimum atomic E-state index is -0.117. The molecule has 2 aromatic heterocycles. The lowest BCUT2D eigenvalue weighted by Crippen LogP contribution is -3.13. The van der Waals surface area contributed by atoms with Gasteiger partial charge in [0.15, 0.2) is 6.54 Å². The van der Waals surface area contributed by atoms with Gasteiger partial charge in [-0.25, -0.2) is 5.01 Å². The standard InChI is InChI=1S/C18H21N3O2S/c22-18(13-20-8-2-1-3-9-20)21-15(16-6-4-10-23-16)12-14(19-21)17-7-5-11-24-17/h4-7,10-11,15H,1-3,8-9,12-13H2/p+1/t15-/m0/s1. The van der Waals surface area contributed by atoms with Gasteiger partial charge in [-0.3, -0.25) is 4.79 Å². The van der Waals surface area contributed by atoms with Crippen molar-refractivity contribution in [2.45, 2.75) is 31.7 Å². The summed E-state index contributed by atoms with van der Waals surface area (Å²) in [7, 11) is 0. The number of thiophene rings is 1. The molecule has 4 rings (SSSR count). The highest BCUT2D eigenvalue weighted by Crippen LogP contribution is 2.33. The summed E-state index contributed by atoms with van der Waals surface area (Å²) >= 11 is 1.66. The Morgan fingerprint density at radius 3 is 2.88 bits per heavy atom. The van der Waals surface area contributed by atoms with Gasteiger partial charge in [-0.15, -0.1) is 11.3 Å². The molecule has 5 nitrogen and oxygen atoms in total. The number of piperidine rings is 1. The Morgan fingerprint density at radius 1 is 1.29 bits per heavy atom. The van der Waals surface area contributed by atoms with Crippen LogP contribution in [-0.4, -0.2) is 36.3 Å². The van der Waals surface area contributed by atoms with Gasteiger partial charge in [0.1, 0.15) is 11.8 Å². The topological polar surface area (TPSA) is 50.2 Å². The van der Waals surface area contributed by atoms with Crippen LogP contribution in [0.4, 0.5) is 0 Å². The van der Waals surface area contributed by atoms with E-state index in [1.165, 1.54) is 24.2 Å². The fourth-order valence-electron chi connectivity index (χ4n) is 3.56. The Hall–Kier alpha value is -1.92. The first-order valence-corrected chi connectivity index (χ1v) is 9.49. The fraction of sp³-hybridized carbons (Fsp3) is 0.444. The van der Waals surface area contributed by atoms with Crippen LogP contribution in [0.5, 0.6) is 0 Å². The van der Waals surface area contributed by atoms with Crippen LogP contribution in [-0.2, 0) is 4.79 Å². The molecular formula is C18H22N3O2S+. The summed E-state index contributed by atoms with van der Waals surface area (Å²) in [6.07, 6.45) is 6.10. The number of hydrazone groups is 1. The summed E-state index contributed by atoms with van der Waals surface area (Å²) in [5.41, 5.74) is 0.980. The number of rotatable bonds is 4. The van der Waals surface area contributed by atoms with E-state index in [4.69, 9.17) is 4.42 Å². The van der Waals surface area contributed by atoms with Crippen molar-refractivity contribution in [2.24, 2.45) is 5.10 Å². The first-order valence-electron chi connectivity index (χ1n) is 8.61.